The lowest BCUT2D eigenvalue weighted by Gasteiger charge is -1.88. The van der Waals surface area contributed by atoms with Crippen LogP contribution in [0.4, 0.5) is 0 Å². The van der Waals surface area contributed by atoms with Crippen LogP contribution < -0.4 is 0 Å². The maximum absolute atomic E-state index is 2.12. The predicted octanol–water partition coefficient (Wildman–Crippen LogP) is 0.933. The van der Waals surface area contributed by atoms with Gasteiger partial charge in [0.2, 0.25) is 0 Å². The Labute approximate surface area is 40.7 Å². The Morgan fingerprint density at radius 1 is 1.17 bits per heavy atom. The van der Waals surface area contributed by atoms with Crippen LogP contribution in [0.15, 0.2) is 11.0 Å². The molecule has 34 valence electrons. The SMILES string of the molecule is BC(C)=C(C)C. The molecule has 0 unspecified atom stereocenters. The van der Waals surface area contributed by atoms with Crippen LogP contribution in [0.1, 0.15) is 20.8 Å². The molecule has 0 saturated heterocycles. The van der Waals surface area contributed by atoms with E-state index in [1.807, 2.05) is 0 Å². The van der Waals surface area contributed by atoms with E-state index in [0.29, 0.717) is 0 Å². The second-order valence-corrected chi connectivity index (χ2v) is 2.00. The molecule has 6 heavy (non-hydrogen) atoms. The lowest BCUT2D eigenvalue weighted by molar-refractivity contribution is 1.34. The van der Waals surface area contributed by atoms with Gasteiger partial charge in [0.25, 0.3) is 0 Å². The summed E-state index contributed by atoms with van der Waals surface area (Å²) in [5.41, 5.74) is 2.85. The minimum atomic E-state index is 1.43. The van der Waals surface area contributed by atoms with Crippen LogP contribution in [0.25, 0.3) is 0 Å². The first-order valence-electron chi connectivity index (χ1n) is 2.25. The normalized spacial score (nSPS) is 7.83. The van der Waals surface area contributed by atoms with Crippen molar-refractivity contribution in [2.75, 3.05) is 0 Å². The Hall–Kier alpha value is -0.195. The van der Waals surface area contributed by atoms with Gasteiger partial charge in [-0.3, -0.25) is 0 Å². The first kappa shape index (κ1) is 5.80. The fourth-order valence-electron chi connectivity index (χ4n) is 0. The monoisotopic (exact) mass is 82.1 g/mol. The van der Waals surface area contributed by atoms with Crippen molar-refractivity contribution < 1.29 is 0 Å². The third kappa shape index (κ3) is 2.07. The molecule has 0 amide bonds. The lowest BCUT2D eigenvalue weighted by Crippen LogP contribution is -1.73. The second-order valence-electron chi connectivity index (χ2n) is 2.00. The van der Waals surface area contributed by atoms with E-state index in [1.54, 1.807) is 0 Å². The van der Waals surface area contributed by atoms with Crippen molar-refractivity contribution in [1.29, 1.82) is 0 Å². The molecule has 0 saturated carbocycles. The van der Waals surface area contributed by atoms with Gasteiger partial charge in [-0.15, -0.1) is 5.47 Å². The van der Waals surface area contributed by atoms with Crippen LogP contribution in [0.3, 0.4) is 0 Å². The van der Waals surface area contributed by atoms with Crippen LogP contribution in [0.5, 0.6) is 0 Å². The highest BCUT2D eigenvalue weighted by atomic mass is 13.8. The molecular weight excluding hydrogens is 70.9 g/mol. The summed E-state index contributed by atoms with van der Waals surface area (Å²) in [6.07, 6.45) is 0. The van der Waals surface area contributed by atoms with Crippen LogP contribution in [-0.4, -0.2) is 7.85 Å². The van der Waals surface area contributed by atoms with Crippen molar-refractivity contribution in [3.05, 3.63) is 11.0 Å². The Morgan fingerprint density at radius 2 is 1.33 bits per heavy atom. The van der Waals surface area contributed by atoms with Gasteiger partial charge in [-0.2, -0.15) is 0 Å². The largest absolute Gasteiger partial charge is 0.133 e. The Balaban J connectivity index is 3.68. The molecule has 0 N–H and O–H groups in total. The van der Waals surface area contributed by atoms with Crippen LogP contribution >= 0.6 is 0 Å². The van der Waals surface area contributed by atoms with Crippen LogP contribution in [0.2, 0.25) is 0 Å². The van der Waals surface area contributed by atoms with E-state index >= 15 is 0 Å². The summed E-state index contributed by atoms with van der Waals surface area (Å²) in [6.45, 7) is 6.36. The van der Waals surface area contributed by atoms with Crippen molar-refractivity contribution in [3.63, 3.8) is 0 Å². The molecule has 0 aromatic carbocycles. The first-order valence-corrected chi connectivity index (χ1v) is 2.25. The minimum absolute atomic E-state index is 1.43. The number of rotatable bonds is 0. The average molecular weight is 82.0 g/mol. The topological polar surface area (TPSA) is 0 Å². The molecule has 0 nitrogen and oxygen atoms in total. The smallest absolute Gasteiger partial charge is 0.114 e. The van der Waals surface area contributed by atoms with E-state index < -0.39 is 0 Å². The van der Waals surface area contributed by atoms with Gasteiger partial charge in [0, 0.05) is 0 Å². The molecule has 0 fully saturated rings. The molecular formula is C5H11B. The molecule has 0 rings (SSSR count). The van der Waals surface area contributed by atoms with E-state index in [2.05, 4.69) is 28.6 Å². The quantitative estimate of drug-likeness (QED) is 0.381. The maximum Gasteiger partial charge on any atom is 0.133 e. The molecule has 0 spiro atoms. The van der Waals surface area contributed by atoms with Crippen molar-refractivity contribution in [1.82, 2.24) is 0 Å². The van der Waals surface area contributed by atoms with Gasteiger partial charge in [-0.25, -0.2) is 0 Å². The van der Waals surface area contributed by atoms with Gasteiger partial charge in [-0.1, -0.05) is 12.5 Å². The molecule has 0 aliphatic rings. The fourth-order valence-corrected chi connectivity index (χ4v) is 0. The van der Waals surface area contributed by atoms with Gasteiger partial charge in [0.05, 0.1) is 0 Å². The average Bonchev–Trinajstić information content (AvgIpc) is 1.36. The van der Waals surface area contributed by atoms with Crippen molar-refractivity contribution in [3.8, 4) is 0 Å². The summed E-state index contributed by atoms with van der Waals surface area (Å²) in [4.78, 5) is 0. The summed E-state index contributed by atoms with van der Waals surface area (Å²) >= 11 is 0. The summed E-state index contributed by atoms with van der Waals surface area (Å²) < 4.78 is 0. The van der Waals surface area contributed by atoms with E-state index in [1.165, 1.54) is 11.0 Å². The van der Waals surface area contributed by atoms with Crippen molar-refractivity contribution in [2.24, 2.45) is 0 Å². The molecule has 1 heteroatoms. The van der Waals surface area contributed by atoms with Gasteiger partial charge in [0.15, 0.2) is 0 Å². The van der Waals surface area contributed by atoms with Gasteiger partial charge < -0.3 is 0 Å². The molecule has 0 aliphatic carbocycles. The van der Waals surface area contributed by atoms with E-state index in [4.69, 9.17) is 0 Å². The summed E-state index contributed by atoms with van der Waals surface area (Å²) in [7, 11) is 2.12. The summed E-state index contributed by atoms with van der Waals surface area (Å²) in [6, 6.07) is 0. The van der Waals surface area contributed by atoms with E-state index in [9.17, 15) is 0 Å². The predicted molar refractivity (Wildman–Crippen MR) is 32.6 cm³/mol. The van der Waals surface area contributed by atoms with Crippen molar-refractivity contribution in [2.45, 2.75) is 20.8 Å². The third-order valence-corrected chi connectivity index (χ3v) is 1.00. The molecule has 0 radical (unpaired) electrons. The summed E-state index contributed by atoms with van der Waals surface area (Å²) in [5.74, 6) is 0. The Bertz CT molecular complexity index is 54.0. The Morgan fingerprint density at radius 3 is 1.33 bits per heavy atom. The molecule has 0 atom stereocenters. The van der Waals surface area contributed by atoms with E-state index in [0.717, 1.165) is 0 Å². The lowest BCUT2D eigenvalue weighted by atomic mass is 9.94. The van der Waals surface area contributed by atoms with Crippen LogP contribution in [0, 0.1) is 0 Å². The highest BCUT2D eigenvalue weighted by molar-refractivity contribution is 6.21. The number of hydrogen-bond acceptors (Lipinski definition) is 0. The third-order valence-electron chi connectivity index (χ3n) is 1.00. The molecule has 0 aromatic rings. The molecule has 0 bridgehead atoms. The maximum atomic E-state index is 2.12. The highest BCUT2D eigenvalue weighted by Crippen LogP contribution is 1.93. The zero-order chi connectivity index (χ0) is 5.15. The number of hydrogen-bond donors (Lipinski definition) is 0. The van der Waals surface area contributed by atoms with Gasteiger partial charge in [0.1, 0.15) is 7.85 Å². The molecule has 0 aliphatic heterocycles. The Kier molecular flexibility index (Phi) is 2.00. The summed E-state index contributed by atoms with van der Waals surface area (Å²) in [5, 5.41) is 0. The zero-order valence-corrected chi connectivity index (χ0v) is 5.00. The first-order chi connectivity index (χ1) is 2.64. The minimum Gasteiger partial charge on any atom is -0.114 e. The molecule has 0 aromatic heterocycles. The number of allylic oxidation sites excluding steroid dienone is 2. The fraction of sp³-hybridized carbons (Fsp3) is 0.600. The van der Waals surface area contributed by atoms with Crippen molar-refractivity contribution >= 4 is 7.85 Å². The standard InChI is InChI=1S/C5H11B/c1-4(2)5(3)6/h6H2,1-3H3. The molecule has 0 heterocycles. The van der Waals surface area contributed by atoms with Gasteiger partial charge >= 0.3 is 0 Å². The highest BCUT2D eigenvalue weighted by Gasteiger charge is 1.75. The van der Waals surface area contributed by atoms with Crippen LogP contribution in [-0.2, 0) is 0 Å². The van der Waals surface area contributed by atoms with Gasteiger partial charge in [-0.05, 0) is 13.8 Å². The van der Waals surface area contributed by atoms with E-state index in [-0.39, 0.29) is 0 Å². The zero-order valence-electron chi connectivity index (χ0n) is 5.00. The second kappa shape index (κ2) is 2.06.